The molecule has 6 heteroatoms. The van der Waals surface area contributed by atoms with Crippen molar-refractivity contribution >= 4 is 11.6 Å². The molecule has 1 aromatic heterocycles. The van der Waals surface area contributed by atoms with Crippen LogP contribution < -0.4 is 15.2 Å². The van der Waals surface area contributed by atoms with Gasteiger partial charge in [-0.1, -0.05) is 5.16 Å². The van der Waals surface area contributed by atoms with Crippen LogP contribution in [0.25, 0.3) is 11.6 Å². The minimum absolute atomic E-state index is 0.401. The van der Waals surface area contributed by atoms with Crippen LogP contribution in [-0.2, 0) is 5.54 Å². The zero-order chi connectivity index (χ0) is 15.2. The standard InChI is InChI=1S/C16H17N3O3/c1-20-12-3-4-13-10(8-12)7-11(9-21-13)14-18-15(19-22-14)16(17)5-2-6-16/h3-4,7-8H,2,5-6,9,17H2,1H3. The molecule has 2 N–H and O–H groups in total. The second kappa shape index (κ2) is 4.84. The van der Waals surface area contributed by atoms with Crippen molar-refractivity contribution in [3.05, 3.63) is 35.5 Å². The molecule has 1 saturated carbocycles. The second-order valence-electron chi connectivity index (χ2n) is 5.79. The van der Waals surface area contributed by atoms with Crippen LogP contribution in [0.2, 0.25) is 0 Å². The summed E-state index contributed by atoms with van der Waals surface area (Å²) in [7, 11) is 1.64. The Morgan fingerprint density at radius 1 is 1.32 bits per heavy atom. The lowest BCUT2D eigenvalue weighted by atomic mass is 9.77. The van der Waals surface area contributed by atoms with Crippen LogP contribution in [0, 0.1) is 0 Å². The minimum Gasteiger partial charge on any atom is -0.497 e. The second-order valence-corrected chi connectivity index (χ2v) is 5.79. The number of hydrogen-bond acceptors (Lipinski definition) is 6. The van der Waals surface area contributed by atoms with Gasteiger partial charge in [-0.3, -0.25) is 0 Å². The monoisotopic (exact) mass is 299 g/mol. The van der Waals surface area contributed by atoms with Gasteiger partial charge in [-0.25, -0.2) is 0 Å². The Balaban J connectivity index is 1.66. The Kier molecular flexibility index (Phi) is 2.94. The van der Waals surface area contributed by atoms with E-state index in [1.807, 2.05) is 24.3 Å². The molecular formula is C16H17N3O3. The number of fused-ring (bicyclic) bond motifs is 1. The van der Waals surface area contributed by atoms with Crippen LogP contribution in [0.3, 0.4) is 0 Å². The Morgan fingerprint density at radius 2 is 2.18 bits per heavy atom. The highest BCUT2D eigenvalue weighted by Gasteiger charge is 2.39. The number of rotatable bonds is 3. The molecule has 0 radical (unpaired) electrons. The number of benzene rings is 1. The zero-order valence-electron chi connectivity index (χ0n) is 12.3. The van der Waals surface area contributed by atoms with Gasteiger partial charge < -0.3 is 19.7 Å². The van der Waals surface area contributed by atoms with Crippen molar-refractivity contribution in [3.63, 3.8) is 0 Å². The van der Waals surface area contributed by atoms with Gasteiger partial charge in [-0.05, 0) is 43.5 Å². The van der Waals surface area contributed by atoms with Gasteiger partial charge >= 0.3 is 0 Å². The van der Waals surface area contributed by atoms with Crippen LogP contribution in [0.15, 0.2) is 22.7 Å². The van der Waals surface area contributed by atoms with Gasteiger partial charge in [0.2, 0.25) is 0 Å². The smallest absolute Gasteiger partial charge is 0.257 e. The number of hydrogen-bond donors (Lipinski definition) is 1. The van der Waals surface area contributed by atoms with E-state index >= 15 is 0 Å². The number of ether oxygens (including phenoxy) is 2. The van der Waals surface area contributed by atoms with Crippen LogP contribution in [0.1, 0.15) is 36.5 Å². The molecule has 0 spiro atoms. The van der Waals surface area contributed by atoms with Gasteiger partial charge in [0.15, 0.2) is 5.82 Å². The molecule has 0 unspecified atom stereocenters. The highest BCUT2D eigenvalue weighted by Crippen LogP contribution is 2.38. The third kappa shape index (κ3) is 2.07. The normalized spacial score (nSPS) is 18.7. The van der Waals surface area contributed by atoms with Gasteiger partial charge in [0.25, 0.3) is 5.89 Å². The van der Waals surface area contributed by atoms with E-state index in [0.717, 1.165) is 41.9 Å². The SMILES string of the molecule is COc1ccc2c(c1)C=C(c1nc(C3(N)CCC3)no1)CO2. The number of aromatic nitrogens is 2. The summed E-state index contributed by atoms with van der Waals surface area (Å²) in [5, 5.41) is 4.04. The maximum Gasteiger partial charge on any atom is 0.257 e. The summed E-state index contributed by atoms with van der Waals surface area (Å²) in [5.41, 5.74) is 7.60. The average molecular weight is 299 g/mol. The number of methoxy groups -OCH3 is 1. The summed E-state index contributed by atoms with van der Waals surface area (Å²) in [6.45, 7) is 0.401. The van der Waals surface area contributed by atoms with Crippen LogP contribution >= 0.6 is 0 Å². The number of nitrogens with two attached hydrogens (primary N) is 1. The molecule has 2 heterocycles. The highest BCUT2D eigenvalue weighted by molar-refractivity contribution is 5.83. The van der Waals surface area contributed by atoms with Gasteiger partial charge in [0, 0.05) is 5.56 Å². The molecule has 4 rings (SSSR count). The predicted octanol–water partition coefficient (Wildman–Crippen LogP) is 2.35. The van der Waals surface area contributed by atoms with E-state index in [1.165, 1.54) is 0 Å². The first kappa shape index (κ1) is 13.3. The lowest BCUT2D eigenvalue weighted by Crippen LogP contribution is -2.44. The van der Waals surface area contributed by atoms with Crippen molar-refractivity contribution in [1.29, 1.82) is 0 Å². The van der Waals surface area contributed by atoms with Crippen molar-refractivity contribution in [2.75, 3.05) is 13.7 Å². The molecule has 1 aliphatic carbocycles. The fourth-order valence-corrected chi connectivity index (χ4v) is 2.74. The maximum atomic E-state index is 6.23. The van der Waals surface area contributed by atoms with E-state index in [2.05, 4.69) is 10.1 Å². The highest BCUT2D eigenvalue weighted by atomic mass is 16.5. The summed E-state index contributed by atoms with van der Waals surface area (Å²) >= 11 is 0. The van der Waals surface area contributed by atoms with E-state index in [-0.39, 0.29) is 0 Å². The Labute approximate surface area is 127 Å². The van der Waals surface area contributed by atoms with Crippen molar-refractivity contribution < 1.29 is 14.0 Å². The first-order valence-electron chi connectivity index (χ1n) is 7.33. The molecule has 0 bridgehead atoms. The number of nitrogens with zero attached hydrogens (tertiary/aromatic N) is 2. The van der Waals surface area contributed by atoms with Gasteiger partial charge in [0.1, 0.15) is 18.1 Å². The maximum absolute atomic E-state index is 6.23. The average Bonchev–Trinajstić information content (AvgIpc) is 3.01. The molecule has 1 aromatic carbocycles. The largest absolute Gasteiger partial charge is 0.497 e. The van der Waals surface area contributed by atoms with Crippen molar-refractivity contribution in [1.82, 2.24) is 10.1 Å². The fourth-order valence-electron chi connectivity index (χ4n) is 2.74. The minimum atomic E-state index is -0.418. The molecular weight excluding hydrogens is 282 g/mol. The topological polar surface area (TPSA) is 83.4 Å². The third-order valence-electron chi connectivity index (χ3n) is 4.32. The van der Waals surface area contributed by atoms with Gasteiger partial charge in [0.05, 0.1) is 18.2 Å². The van der Waals surface area contributed by atoms with Gasteiger partial charge in [-0.15, -0.1) is 0 Å². The summed E-state index contributed by atoms with van der Waals surface area (Å²) in [6.07, 6.45) is 4.91. The third-order valence-corrected chi connectivity index (χ3v) is 4.32. The molecule has 2 aromatic rings. The van der Waals surface area contributed by atoms with Crippen LogP contribution in [0.5, 0.6) is 11.5 Å². The first-order valence-corrected chi connectivity index (χ1v) is 7.33. The van der Waals surface area contributed by atoms with E-state index in [9.17, 15) is 0 Å². The Hall–Kier alpha value is -2.34. The molecule has 22 heavy (non-hydrogen) atoms. The summed E-state index contributed by atoms with van der Waals surface area (Å²) in [4.78, 5) is 4.46. The molecule has 0 amide bonds. The lowest BCUT2D eigenvalue weighted by Gasteiger charge is -2.34. The molecule has 114 valence electrons. The van der Waals surface area contributed by atoms with Crippen molar-refractivity contribution in [2.45, 2.75) is 24.8 Å². The predicted molar refractivity (Wildman–Crippen MR) is 80.4 cm³/mol. The van der Waals surface area contributed by atoms with Gasteiger partial charge in [-0.2, -0.15) is 4.98 Å². The quantitative estimate of drug-likeness (QED) is 0.936. The molecule has 0 saturated heterocycles. The van der Waals surface area contributed by atoms with E-state index < -0.39 is 5.54 Å². The fraction of sp³-hybridized carbons (Fsp3) is 0.375. The molecule has 0 atom stereocenters. The first-order chi connectivity index (χ1) is 10.7. The van der Waals surface area contributed by atoms with E-state index in [0.29, 0.717) is 18.3 Å². The summed E-state index contributed by atoms with van der Waals surface area (Å²) in [6, 6.07) is 5.68. The molecule has 6 nitrogen and oxygen atoms in total. The zero-order valence-corrected chi connectivity index (χ0v) is 12.3. The molecule has 1 aliphatic heterocycles. The van der Waals surface area contributed by atoms with Crippen LogP contribution in [0.4, 0.5) is 0 Å². The van der Waals surface area contributed by atoms with E-state index in [1.54, 1.807) is 7.11 Å². The van der Waals surface area contributed by atoms with E-state index in [4.69, 9.17) is 19.7 Å². The summed E-state index contributed by atoms with van der Waals surface area (Å²) in [5.74, 6) is 2.66. The summed E-state index contributed by atoms with van der Waals surface area (Å²) < 4.78 is 16.4. The van der Waals surface area contributed by atoms with Crippen LogP contribution in [-0.4, -0.2) is 23.9 Å². The molecule has 2 aliphatic rings. The van der Waals surface area contributed by atoms with Crippen molar-refractivity contribution in [3.8, 4) is 11.5 Å². The Bertz CT molecular complexity index is 747. The molecule has 1 fully saturated rings. The van der Waals surface area contributed by atoms with Crippen molar-refractivity contribution in [2.24, 2.45) is 5.73 Å². The lowest BCUT2D eigenvalue weighted by molar-refractivity contribution is 0.229. The Morgan fingerprint density at radius 3 is 2.91 bits per heavy atom.